The van der Waals surface area contributed by atoms with Crippen molar-refractivity contribution >= 4 is 28.4 Å². The molecule has 1 saturated heterocycles. The van der Waals surface area contributed by atoms with Gasteiger partial charge in [-0.15, -0.1) is 22.7 Å². The first-order valence-corrected chi connectivity index (χ1v) is 7.97. The number of rotatable bonds is 2. The first-order chi connectivity index (χ1) is 9.66. The van der Waals surface area contributed by atoms with E-state index in [4.69, 9.17) is 0 Å². The van der Waals surface area contributed by atoms with Crippen LogP contribution in [0.5, 0.6) is 0 Å². The van der Waals surface area contributed by atoms with Crippen molar-refractivity contribution in [3.05, 3.63) is 50.0 Å². The Morgan fingerprint density at radius 3 is 1.95 bits per heavy atom. The Balaban J connectivity index is 1.97. The second-order valence-corrected chi connectivity index (χ2v) is 6.65. The number of piperidine rings is 1. The predicted octanol–water partition coefficient (Wildman–Crippen LogP) is 3.42. The maximum Gasteiger partial charge on any atom is 0.225 e. The molecular weight excluding hydrogens is 296 g/mol. The minimum Gasteiger partial charge on any atom is -0.418 e. The summed E-state index contributed by atoms with van der Waals surface area (Å²) >= 11 is 3.06. The number of thiophene rings is 2. The summed E-state index contributed by atoms with van der Waals surface area (Å²) in [5.74, 6) is 0. The van der Waals surface area contributed by atoms with Gasteiger partial charge in [0.1, 0.15) is 0 Å². The summed E-state index contributed by atoms with van der Waals surface area (Å²) in [4.78, 5) is 1.91. The topological polar surface area (TPSA) is 69.8 Å². The van der Waals surface area contributed by atoms with E-state index in [1.165, 1.54) is 27.7 Å². The highest BCUT2D eigenvalue weighted by Crippen LogP contribution is 2.41. The fourth-order valence-corrected chi connectivity index (χ4v) is 4.15. The Morgan fingerprint density at radius 1 is 1.10 bits per heavy atom. The van der Waals surface area contributed by atoms with Crippen LogP contribution in [0.15, 0.2) is 35.0 Å². The van der Waals surface area contributed by atoms with E-state index in [1.807, 2.05) is 35.0 Å². The molecule has 2 atom stereocenters. The molecule has 0 spiro atoms. The predicted molar refractivity (Wildman–Crippen MR) is 77.4 cm³/mol. The van der Waals surface area contributed by atoms with Crippen LogP contribution in [-0.4, -0.2) is 26.1 Å². The van der Waals surface area contributed by atoms with Crippen LogP contribution >= 0.6 is 22.7 Å². The molecule has 2 aromatic rings. The molecule has 1 aliphatic rings. The van der Waals surface area contributed by atoms with Crippen LogP contribution in [0.3, 0.4) is 0 Å². The van der Waals surface area contributed by atoms with Crippen LogP contribution in [-0.2, 0) is 0 Å². The normalized spacial score (nSPS) is 23.9. The molecule has 1 aliphatic heterocycles. The molecule has 2 aromatic heterocycles. The van der Waals surface area contributed by atoms with Crippen molar-refractivity contribution in [2.45, 2.75) is 24.9 Å². The van der Waals surface area contributed by atoms with Crippen molar-refractivity contribution in [2.75, 3.05) is 0 Å². The zero-order chi connectivity index (χ0) is 14.1. The molecule has 3 rings (SSSR count). The van der Waals surface area contributed by atoms with Crippen LogP contribution in [0.4, 0.5) is 0 Å². The van der Waals surface area contributed by atoms with Gasteiger partial charge >= 0.3 is 0 Å². The van der Waals surface area contributed by atoms with E-state index in [1.54, 1.807) is 0 Å². The average molecular weight is 310 g/mol. The molecule has 7 heteroatoms. The van der Waals surface area contributed by atoms with Crippen molar-refractivity contribution in [3.8, 4) is 0 Å². The SMILES string of the molecule is [O-][N+](O)=C1C[C@@H](c2cccs2)N(O)[C@H](c2cccs2)C1. The van der Waals surface area contributed by atoms with E-state index in [0.717, 1.165) is 9.75 Å². The average Bonchev–Trinajstić information content (AvgIpc) is 3.12. The molecule has 106 valence electrons. The summed E-state index contributed by atoms with van der Waals surface area (Å²) in [6.45, 7) is 0. The second-order valence-electron chi connectivity index (χ2n) is 4.69. The van der Waals surface area contributed by atoms with Crippen molar-refractivity contribution in [1.82, 2.24) is 5.06 Å². The fraction of sp³-hybridized carbons (Fsp3) is 0.308. The molecule has 0 aromatic carbocycles. The highest BCUT2D eigenvalue weighted by Gasteiger charge is 2.39. The summed E-state index contributed by atoms with van der Waals surface area (Å²) in [7, 11) is 0. The van der Waals surface area contributed by atoms with Gasteiger partial charge in [0.15, 0.2) is 0 Å². The third-order valence-electron chi connectivity index (χ3n) is 3.51. The summed E-state index contributed by atoms with van der Waals surface area (Å²) in [5.41, 5.74) is 0.395. The molecule has 0 radical (unpaired) electrons. The van der Waals surface area contributed by atoms with Crippen molar-refractivity contribution in [1.29, 1.82) is 0 Å². The second kappa shape index (κ2) is 5.53. The molecule has 3 heterocycles. The molecule has 1 fully saturated rings. The van der Waals surface area contributed by atoms with E-state index >= 15 is 0 Å². The lowest BCUT2D eigenvalue weighted by Crippen LogP contribution is -2.38. The quantitative estimate of drug-likeness (QED) is 0.506. The van der Waals surface area contributed by atoms with Crippen LogP contribution in [0, 0.1) is 5.21 Å². The van der Waals surface area contributed by atoms with Gasteiger partial charge in [-0.05, 0) is 22.9 Å². The largest absolute Gasteiger partial charge is 0.418 e. The molecule has 0 aliphatic carbocycles. The molecule has 0 saturated carbocycles. The Kier molecular flexibility index (Phi) is 3.75. The minimum absolute atomic E-state index is 0.0474. The summed E-state index contributed by atoms with van der Waals surface area (Å²) in [6.07, 6.45) is 0.664. The highest BCUT2D eigenvalue weighted by atomic mass is 32.1. The summed E-state index contributed by atoms with van der Waals surface area (Å²) in [5, 5.41) is 36.2. The lowest BCUT2D eigenvalue weighted by atomic mass is 9.94. The zero-order valence-electron chi connectivity index (χ0n) is 10.5. The molecule has 0 amide bonds. The maximum atomic E-state index is 11.3. The van der Waals surface area contributed by atoms with Gasteiger partial charge < -0.3 is 10.4 Å². The van der Waals surface area contributed by atoms with Crippen LogP contribution < -0.4 is 0 Å². The van der Waals surface area contributed by atoms with E-state index in [9.17, 15) is 15.6 Å². The van der Waals surface area contributed by atoms with E-state index in [-0.39, 0.29) is 17.0 Å². The first-order valence-electron chi connectivity index (χ1n) is 6.21. The Morgan fingerprint density at radius 2 is 1.60 bits per heavy atom. The molecule has 2 N–H and O–H groups in total. The zero-order valence-corrected chi connectivity index (χ0v) is 12.2. The number of hydroxylamine groups is 2. The van der Waals surface area contributed by atoms with E-state index in [2.05, 4.69) is 0 Å². The van der Waals surface area contributed by atoms with Gasteiger partial charge in [0.2, 0.25) is 5.71 Å². The molecule has 20 heavy (non-hydrogen) atoms. The van der Waals surface area contributed by atoms with Crippen molar-refractivity contribution in [3.63, 3.8) is 0 Å². The first kappa shape index (κ1) is 13.6. The van der Waals surface area contributed by atoms with Gasteiger partial charge in [-0.2, -0.15) is 5.06 Å². The minimum atomic E-state index is -0.297. The highest BCUT2D eigenvalue weighted by molar-refractivity contribution is 7.10. The van der Waals surface area contributed by atoms with Crippen LogP contribution in [0.2, 0.25) is 0 Å². The lowest BCUT2D eigenvalue weighted by molar-refractivity contribution is -0.728. The van der Waals surface area contributed by atoms with Gasteiger partial charge in [0.05, 0.1) is 24.9 Å². The number of nitrogens with zero attached hydrogens (tertiary/aromatic N) is 2. The monoisotopic (exact) mass is 310 g/mol. The molecule has 5 nitrogen and oxygen atoms in total. The number of hydrogen-bond donors (Lipinski definition) is 2. The van der Waals surface area contributed by atoms with Gasteiger partial charge in [0.25, 0.3) is 0 Å². The Hall–Kier alpha value is -1.41. The standard InChI is InChI=1S/C13H14N2O3S2/c16-14-10(12-3-1-5-19-12)7-9(15(17)18)8-11(14)13-4-2-6-20-13/h1-6,10-11,16H,7-8H2,(H,17,18)/t10-,11-/m0/s1. The third-order valence-corrected chi connectivity index (χ3v) is 5.46. The molecule has 0 bridgehead atoms. The molecule has 0 unspecified atom stereocenters. The van der Waals surface area contributed by atoms with Gasteiger partial charge in [0, 0.05) is 14.7 Å². The number of hydrogen-bond acceptors (Lipinski definition) is 6. The van der Waals surface area contributed by atoms with Gasteiger partial charge in [-0.25, -0.2) is 0 Å². The Bertz CT molecular complexity index is 545. The smallest absolute Gasteiger partial charge is 0.225 e. The fourth-order valence-electron chi connectivity index (χ4n) is 2.51. The van der Waals surface area contributed by atoms with E-state index < -0.39 is 0 Å². The van der Waals surface area contributed by atoms with Crippen molar-refractivity contribution < 1.29 is 15.3 Å². The molecular formula is C13H14N2O3S2. The van der Waals surface area contributed by atoms with Gasteiger partial charge in [-0.3, -0.25) is 5.21 Å². The summed E-state index contributed by atoms with van der Waals surface area (Å²) in [6, 6.07) is 7.09. The maximum absolute atomic E-state index is 11.3. The van der Waals surface area contributed by atoms with Crippen molar-refractivity contribution in [2.24, 2.45) is 0 Å². The summed E-state index contributed by atoms with van der Waals surface area (Å²) < 4.78 is 0. The van der Waals surface area contributed by atoms with Crippen LogP contribution in [0.25, 0.3) is 0 Å². The van der Waals surface area contributed by atoms with Gasteiger partial charge in [-0.1, -0.05) is 12.1 Å². The third kappa shape index (κ3) is 2.45. The Labute approximate surface area is 124 Å². The lowest BCUT2D eigenvalue weighted by Gasteiger charge is -2.35. The van der Waals surface area contributed by atoms with E-state index in [0.29, 0.717) is 18.6 Å². The van der Waals surface area contributed by atoms with Crippen LogP contribution in [0.1, 0.15) is 34.7 Å².